The highest BCUT2D eigenvalue weighted by Crippen LogP contribution is 2.30. The zero-order valence-corrected chi connectivity index (χ0v) is 14.2. The number of hydrogen-bond donors (Lipinski definition) is 1. The smallest absolute Gasteiger partial charge is 0.237 e. The van der Waals surface area contributed by atoms with Gasteiger partial charge in [0, 0.05) is 5.69 Å². The predicted molar refractivity (Wildman–Crippen MR) is 86.8 cm³/mol. The van der Waals surface area contributed by atoms with E-state index in [2.05, 4.69) is 15.5 Å². The summed E-state index contributed by atoms with van der Waals surface area (Å²) in [5, 5.41) is 10.4. The normalized spacial score (nSPS) is 12.2. The zero-order valence-electron chi connectivity index (χ0n) is 11.7. The third kappa shape index (κ3) is 4.42. The molecule has 1 N–H and O–H groups in total. The van der Waals surface area contributed by atoms with Gasteiger partial charge in [-0.2, -0.15) is 0 Å². The van der Waals surface area contributed by atoms with Crippen molar-refractivity contribution >= 4 is 46.5 Å². The third-order valence-electron chi connectivity index (χ3n) is 2.65. The maximum absolute atomic E-state index is 13.4. The van der Waals surface area contributed by atoms with Gasteiger partial charge in [-0.25, -0.2) is 4.39 Å². The van der Waals surface area contributed by atoms with E-state index in [1.165, 1.54) is 40.9 Å². The number of halogens is 1. The van der Waals surface area contributed by atoms with Crippen LogP contribution in [-0.4, -0.2) is 27.6 Å². The van der Waals surface area contributed by atoms with Gasteiger partial charge in [-0.15, -0.1) is 10.2 Å². The zero-order chi connectivity index (χ0) is 15.4. The van der Waals surface area contributed by atoms with E-state index in [1.807, 2.05) is 6.26 Å². The van der Waals surface area contributed by atoms with E-state index >= 15 is 0 Å². The average Bonchev–Trinajstić information content (AvgIpc) is 2.90. The van der Waals surface area contributed by atoms with E-state index in [0.29, 0.717) is 11.3 Å². The number of thioether (sulfide) groups is 2. The van der Waals surface area contributed by atoms with Gasteiger partial charge in [0.1, 0.15) is 5.82 Å². The largest absolute Gasteiger partial charge is 0.325 e. The summed E-state index contributed by atoms with van der Waals surface area (Å²) >= 11 is 4.31. The number of aromatic nitrogens is 2. The first kappa shape index (κ1) is 16.3. The Morgan fingerprint density at radius 3 is 2.71 bits per heavy atom. The molecule has 112 valence electrons. The molecule has 0 aliphatic carbocycles. The second-order valence-corrected chi connectivity index (χ2v) is 7.87. The molecule has 2 rings (SSSR count). The first-order chi connectivity index (χ1) is 9.99. The minimum atomic E-state index is -0.336. The van der Waals surface area contributed by atoms with E-state index in [-0.39, 0.29) is 17.0 Å². The molecule has 2 aromatic rings. The lowest BCUT2D eigenvalue weighted by Gasteiger charge is -2.10. The van der Waals surface area contributed by atoms with Crippen LogP contribution in [0.5, 0.6) is 0 Å². The number of anilines is 1. The van der Waals surface area contributed by atoms with Crippen LogP contribution < -0.4 is 5.32 Å². The van der Waals surface area contributed by atoms with Gasteiger partial charge < -0.3 is 5.32 Å². The Balaban J connectivity index is 1.97. The lowest BCUT2D eigenvalue weighted by molar-refractivity contribution is -0.115. The third-order valence-corrected chi connectivity index (χ3v) is 5.73. The molecule has 4 nitrogen and oxygen atoms in total. The summed E-state index contributed by atoms with van der Waals surface area (Å²) in [5.41, 5.74) is 1.01. The number of nitrogens with one attached hydrogen (secondary N) is 1. The number of carbonyl (C=O) groups is 1. The van der Waals surface area contributed by atoms with Crippen LogP contribution in [-0.2, 0) is 4.79 Å². The van der Waals surface area contributed by atoms with Crippen LogP contribution in [0.1, 0.15) is 12.5 Å². The molecule has 1 atom stereocenters. The molecule has 0 aliphatic heterocycles. The van der Waals surface area contributed by atoms with Crippen molar-refractivity contribution in [2.75, 3.05) is 11.6 Å². The molecule has 1 aromatic carbocycles. The van der Waals surface area contributed by atoms with Gasteiger partial charge in [0.2, 0.25) is 5.91 Å². The van der Waals surface area contributed by atoms with Crippen LogP contribution in [0.15, 0.2) is 26.9 Å². The van der Waals surface area contributed by atoms with Crippen LogP contribution in [0, 0.1) is 12.7 Å². The minimum absolute atomic E-state index is 0.191. The summed E-state index contributed by atoms with van der Waals surface area (Å²) in [6, 6.07) is 4.64. The van der Waals surface area contributed by atoms with Gasteiger partial charge in [-0.1, -0.05) is 40.9 Å². The molecule has 0 aliphatic rings. The Labute approximate surface area is 134 Å². The summed E-state index contributed by atoms with van der Waals surface area (Å²) in [5.74, 6) is -0.522. The molecular weight excluding hydrogens is 329 g/mol. The Hall–Kier alpha value is -1.12. The van der Waals surface area contributed by atoms with Crippen molar-refractivity contribution in [2.45, 2.75) is 27.8 Å². The topological polar surface area (TPSA) is 54.9 Å². The molecule has 0 saturated carbocycles. The molecule has 0 radical (unpaired) electrons. The monoisotopic (exact) mass is 343 g/mol. The molecule has 0 fully saturated rings. The van der Waals surface area contributed by atoms with Crippen molar-refractivity contribution in [2.24, 2.45) is 0 Å². The lowest BCUT2D eigenvalue weighted by Crippen LogP contribution is -2.22. The Morgan fingerprint density at radius 2 is 2.10 bits per heavy atom. The Morgan fingerprint density at radius 1 is 1.38 bits per heavy atom. The molecule has 8 heteroatoms. The molecule has 0 saturated heterocycles. The SMILES string of the molecule is CSc1nnc(S[C@H](C)C(=O)Nc2ccc(C)c(F)c2)s1. The standard InChI is InChI=1S/C13H14FN3OS3/c1-7-4-5-9(6-10(7)14)15-11(18)8(2)20-13-17-16-12(19-3)21-13/h4-6,8H,1-3H3,(H,15,18)/t8-/m1/s1. The minimum Gasteiger partial charge on any atom is -0.325 e. The van der Waals surface area contributed by atoms with E-state index < -0.39 is 0 Å². The first-order valence-electron chi connectivity index (χ1n) is 6.10. The molecule has 1 heterocycles. The summed E-state index contributed by atoms with van der Waals surface area (Å²) in [6.07, 6.45) is 1.93. The highest BCUT2D eigenvalue weighted by Gasteiger charge is 2.17. The second-order valence-electron chi connectivity index (χ2n) is 4.25. The maximum atomic E-state index is 13.4. The van der Waals surface area contributed by atoms with E-state index in [1.54, 1.807) is 26.0 Å². The average molecular weight is 343 g/mol. The fourth-order valence-electron chi connectivity index (χ4n) is 1.45. The summed E-state index contributed by atoms with van der Waals surface area (Å²) in [4.78, 5) is 12.1. The quantitative estimate of drug-likeness (QED) is 0.836. The van der Waals surface area contributed by atoms with Crippen molar-refractivity contribution in [3.8, 4) is 0 Å². The second kappa shape index (κ2) is 7.24. The molecule has 0 unspecified atom stereocenters. The van der Waals surface area contributed by atoms with Crippen molar-refractivity contribution < 1.29 is 9.18 Å². The Bertz CT molecular complexity index is 647. The predicted octanol–water partition coefficient (Wildman–Crippen LogP) is 3.83. The maximum Gasteiger partial charge on any atom is 0.237 e. The van der Waals surface area contributed by atoms with Crippen LogP contribution in [0.2, 0.25) is 0 Å². The van der Waals surface area contributed by atoms with Gasteiger partial charge in [0.25, 0.3) is 0 Å². The van der Waals surface area contributed by atoms with Gasteiger partial charge in [0.05, 0.1) is 5.25 Å². The molecular formula is C13H14FN3OS3. The van der Waals surface area contributed by atoms with E-state index in [4.69, 9.17) is 0 Å². The fourth-order valence-corrected chi connectivity index (χ4v) is 4.03. The number of carbonyl (C=O) groups excluding carboxylic acids is 1. The highest BCUT2D eigenvalue weighted by molar-refractivity contribution is 8.03. The number of rotatable bonds is 5. The van der Waals surface area contributed by atoms with Gasteiger partial charge in [0.15, 0.2) is 8.68 Å². The molecule has 21 heavy (non-hydrogen) atoms. The first-order valence-corrected chi connectivity index (χ1v) is 9.03. The molecule has 1 aromatic heterocycles. The van der Waals surface area contributed by atoms with Crippen LogP contribution in [0.3, 0.4) is 0 Å². The molecule has 0 spiro atoms. The number of hydrogen-bond acceptors (Lipinski definition) is 6. The Kier molecular flexibility index (Phi) is 5.60. The van der Waals surface area contributed by atoms with Crippen molar-refractivity contribution in [1.82, 2.24) is 10.2 Å². The van der Waals surface area contributed by atoms with E-state index in [9.17, 15) is 9.18 Å². The fraction of sp³-hybridized carbons (Fsp3) is 0.308. The van der Waals surface area contributed by atoms with E-state index in [0.717, 1.165) is 8.68 Å². The lowest BCUT2D eigenvalue weighted by atomic mass is 10.2. The van der Waals surface area contributed by atoms with Crippen molar-refractivity contribution in [3.63, 3.8) is 0 Å². The number of nitrogens with zero attached hydrogens (tertiary/aromatic N) is 2. The van der Waals surface area contributed by atoms with Gasteiger partial charge in [-0.3, -0.25) is 4.79 Å². The number of benzene rings is 1. The molecule has 1 amide bonds. The van der Waals surface area contributed by atoms with Crippen LogP contribution in [0.4, 0.5) is 10.1 Å². The summed E-state index contributed by atoms with van der Waals surface area (Å²) in [7, 11) is 0. The molecule has 0 bridgehead atoms. The van der Waals surface area contributed by atoms with Crippen LogP contribution >= 0.6 is 34.9 Å². The van der Waals surface area contributed by atoms with Crippen LogP contribution in [0.25, 0.3) is 0 Å². The summed E-state index contributed by atoms with van der Waals surface area (Å²) in [6.45, 7) is 3.46. The number of amides is 1. The van der Waals surface area contributed by atoms with Gasteiger partial charge in [-0.05, 0) is 37.8 Å². The van der Waals surface area contributed by atoms with Gasteiger partial charge >= 0.3 is 0 Å². The highest BCUT2D eigenvalue weighted by atomic mass is 32.2. The summed E-state index contributed by atoms with van der Waals surface area (Å²) < 4.78 is 15.1. The number of aryl methyl sites for hydroxylation is 1. The van der Waals surface area contributed by atoms with Crippen molar-refractivity contribution in [3.05, 3.63) is 29.6 Å². The van der Waals surface area contributed by atoms with Crippen molar-refractivity contribution in [1.29, 1.82) is 0 Å².